The van der Waals surface area contributed by atoms with E-state index in [-0.39, 0.29) is 23.8 Å². The first-order valence-electron chi connectivity index (χ1n) is 8.95. The van der Waals surface area contributed by atoms with E-state index in [0.29, 0.717) is 10.9 Å². The summed E-state index contributed by atoms with van der Waals surface area (Å²) in [5.74, 6) is -1.72. The molecule has 2 amide bonds. The molecular weight excluding hydrogens is 404 g/mol. The third-order valence-corrected chi connectivity index (χ3v) is 5.02. The number of benzene rings is 2. The van der Waals surface area contributed by atoms with Crippen LogP contribution < -0.4 is 10.6 Å². The molecule has 8 nitrogen and oxygen atoms in total. The molecule has 152 valence electrons. The average molecular weight is 422 g/mol. The third-order valence-electron chi connectivity index (χ3n) is 3.95. The van der Waals surface area contributed by atoms with Gasteiger partial charge in [0.1, 0.15) is 5.25 Å². The van der Waals surface area contributed by atoms with Crippen LogP contribution in [0.2, 0.25) is 0 Å². The van der Waals surface area contributed by atoms with Crippen molar-refractivity contribution in [2.45, 2.75) is 11.7 Å². The standard InChI is InChI=1S/C21H18N4O4S/c26-18(23-16-10-8-15(9-11-16)20(28)29)13-17-19(27)24-21(30-17)25-22-12-4-7-14-5-2-1-3-6-14/h1-12,17H,13H2,(H,23,26)(H,28,29)(H,24,25,27)/b7-4+,22-12-/t17-/m0/s1. The van der Waals surface area contributed by atoms with Crippen molar-refractivity contribution < 1.29 is 19.5 Å². The number of rotatable bonds is 7. The summed E-state index contributed by atoms with van der Waals surface area (Å²) in [6.07, 6.45) is 5.07. The lowest BCUT2D eigenvalue weighted by Gasteiger charge is -2.07. The molecule has 0 bridgehead atoms. The van der Waals surface area contributed by atoms with Crippen LogP contribution in [0.15, 0.2) is 70.9 Å². The summed E-state index contributed by atoms with van der Waals surface area (Å²) in [6.45, 7) is 0. The molecule has 2 aromatic rings. The molecule has 30 heavy (non-hydrogen) atoms. The highest BCUT2D eigenvalue weighted by Crippen LogP contribution is 2.23. The highest BCUT2D eigenvalue weighted by Gasteiger charge is 2.32. The SMILES string of the molecule is O=C(C[C@@H]1S/C(=N/N=C\C=C\c2ccccc2)NC1=O)Nc1ccc(C(=O)O)cc1. The normalized spacial score (nSPS) is 17.5. The van der Waals surface area contributed by atoms with E-state index < -0.39 is 11.2 Å². The Morgan fingerprint density at radius 1 is 1.13 bits per heavy atom. The maximum absolute atomic E-state index is 12.2. The van der Waals surface area contributed by atoms with E-state index in [2.05, 4.69) is 20.8 Å². The molecule has 1 aliphatic heterocycles. The van der Waals surface area contributed by atoms with Gasteiger partial charge in [0.25, 0.3) is 0 Å². The number of nitrogens with one attached hydrogen (secondary N) is 2. The van der Waals surface area contributed by atoms with Crippen LogP contribution in [0.1, 0.15) is 22.3 Å². The number of thioether (sulfide) groups is 1. The first-order valence-corrected chi connectivity index (χ1v) is 9.83. The van der Waals surface area contributed by atoms with Gasteiger partial charge in [-0.3, -0.25) is 9.59 Å². The topological polar surface area (TPSA) is 120 Å². The monoisotopic (exact) mass is 422 g/mol. The lowest BCUT2D eigenvalue weighted by molar-refractivity contribution is -0.122. The number of carboxylic acid groups (broad SMARTS) is 1. The summed E-state index contributed by atoms with van der Waals surface area (Å²) in [6, 6.07) is 15.5. The van der Waals surface area contributed by atoms with Gasteiger partial charge in [-0.1, -0.05) is 48.2 Å². The molecule has 1 heterocycles. The molecule has 0 saturated carbocycles. The molecule has 0 aliphatic carbocycles. The Hall–Kier alpha value is -3.72. The average Bonchev–Trinajstić information content (AvgIpc) is 3.08. The van der Waals surface area contributed by atoms with Gasteiger partial charge in [-0.15, -0.1) is 5.10 Å². The van der Waals surface area contributed by atoms with Gasteiger partial charge < -0.3 is 15.7 Å². The molecule has 0 radical (unpaired) electrons. The van der Waals surface area contributed by atoms with E-state index >= 15 is 0 Å². The van der Waals surface area contributed by atoms with Crippen molar-refractivity contribution in [2.24, 2.45) is 10.2 Å². The Bertz CT molecular complexity index is 1020. The van der Waals surface area contributed by atoms with E-state index in [0.717, 1.165) is 17.3 Å². The Morgan fingerprint density at radius 3 is 2.57 bits per heavy atom. The minimum Gasteiger partial charge on any atom is -0.478 e. The van der Waals surface area contributed by atoms with Crippen molar-refractivity contribution in [1.29, 1.82) is 0 Å². The minimum atomic E-state index is -1.04. The molecule has 2 aromatic carbocycles. The largest absolute Gasteiger partial charge is 0.478 e. The lowest BCUT2D eigenvalue weighted by atomic mass is 10.2. The van der Waals surface area contributed by atoms with E-state index in [4.69, 9.17) is 5.11 Å². The number of nitrogens with zero attached hydrogens (tertiary/aromatic N) is 2. The molecule has 1 aliphatic rings. The Balaban J connectivity index is 1.49. The second kappa shape index (κ2) is 10.2. The van der Waals surface area contributed by atoms with Crippen molar-refractivity contribution in [3.8, 4) is 0 Å². The van der Waals surface area contributed by atoms with Crippen molar-refractivity contribution in [2.75, 3.05) is 5.32 Å². The maximum atomic E-state index is 12.2. The van der Waals surface area contributed by atoms with Crippen LogP contribution in [0.25, 0.3) is 6.08 Å². The summed E-state index contributed by atoms with van der Waals surface area (Å²) < 4.78 is 0. The Kier molecular flexibility index (Phi) is 7.12. The zero-order valence-electron chi connectivity index (χ0n) is 15.7. The van der Waals surface area contributed by atoms with Gasteiger partial charge in [-0.2, -0.15) is 5.10 Å². The zero-order chi connectivity index (χ0) is 21.3. The first-order chi connectivity index (χ1) is 14.5. The van der Waals surface area contributed by atoms with Crippen LogP contribution in [-0.4, -0.2) is 39.5 Å². The fourth-order valence-electron chi connectivity index (χ4n) is 2.51. The van der Waals surface area contributed by atoms with E-state index in [1.807, 2.05) is 36.4 Å². The Labute approximate surface area is 176 Å². The number of allylic oxidation sites excluding steroid dienone is 1. The number of amides is 2. The van der Waals surface area contributed by atoms with Crippen molar-refractivity contribution in [1.82, 2.24) is 5.32 Å². The summed E-state index contributed by atoms with van der Waals surface area (Å²) in [5, 5.41) is 21.7. The molecule has 0 spiro atoms. The second-order valence-electron chi connectivity index (χ2n) is 6.17. The number of aromatic carboxylic acids is 1. The first kappa shape index (κ1) is 21.0. The van der Waals surface area contributed by atoms with Crippen molar-refractivity contribution in [3.63, 3.8) is 0 Å². The van der Waals surface area contributed by atoms with Crippen molar-refractivity contribution >= 4 is 52.7 Å². The van der Waals surface area contributed by atoms with Crippen LogP contribution in [0.4, 0.5) is 5.69 Å². The number of anilines is 1. The molecule has 3 rings (SSSR count). The number of carbonyl (C=O) groups excluding carboxylic acids is 2. The van der Waals surface area contributed by atoms with Crippen LogP contribution in [0.5, 0.6) is 0 Å². The fourth-order valence-corrected chi connectivity index (χ4v) is 3.43. The number of hydrogen-bond acceptors (Lipinski definition) is 6. The lowest BCUT2D eigenvalue weighted by Crippen LogP contribution is -2.28. The second-order valence-corrected chi connectivity index (χ2v) is 7.36. The van der Waals surface area contributed by atoms with Crippen LogP contribution in [0.3, 0.4) is 0 Å². The van der Waals surface area contributed by atoms with E-state index in [1.165, 1.54) is 30.5 Å². The van der Waals surface area contributed by atoms with Crippen molar-refractivity contribution in [3.05, 3.63) is 71.8 Å². The molecular formula is C21H18N4O4S. The molecule has 1 atom stereocenters. The van der Waals surface area contributed by atoms with Gasteiger partial charge in [0.15, 0.2) is 5.17 Å². The molecule has 0 unspecified atom stereocenters. The van der Waals surface area contributed by atoms with Gasteiger partial charge in [-0.05, 0) is 35.9 Å². The highest BCUT2D eigenvalue weighted by molar-refractivity contribution is 8.15. The smallest absolute Gasteiger partial charge is 0.335 e. The van der Waals surface area contributed by atoms with Gasteiger partial charge in [0.2, 0.25) is 11.8 Å². The predicted octanol–water partition coefficient (Wildman–Crippen LogP) is 3.00. The van der Waals surface area contributed by atoms with Crippen LogP contribution in [-0.2, 0) is 9.59 Å². The van der Waals surface area contributed by atoms with E-state index in [1.54, 1.807) is 6.08 Å². The Morgan fingerprint density at radius 2 is 1.87 bits per heavy atom. The quantitative estimate of drug-likeness (QED) is 0.468. The number of amidine groups is 1. The maximum Gasteiger partial charge on any atom is 0.335 e. The molecule has 0 aromatic heterocycles. The highest BCUT2D eigenvalue weighted by atomic mass is 32.2. The predicted molar refractivity (Wildman–Crippen MR) is 118 cm³/mol. The summed E-state index contributed by atoms with van der Waals surface area (Å²) in [5.41, 5.74) is 1.61. The molecule has 9 heteroatoms. The van der Waals surface area contributed by atoms with E-state index in [9.17, 15) is 14.4 Å². The van der Waals surface area contributed by atoms with Gasteiger partial charge >= 0.3 is 5.97 Å². The number of carboxylic acids is 1. The molecule has 1 fully saturated rings. The summed E-state index contributed by atoms with van der Waals surface area (Å²) >= 11 is 1.13. The van der Waals surface area contributed by atoms with Crippen LogP contribution >= 0.6 is 11.8 Å². The minimum absolute atomic E-state index is 0.0478. The number of carbonyl (C=O) groups is 3. The molecule has 1 saturated heterocycles. The zero-order valence-corrected chi connectivity index (χ0v) is 16.5. The fraction of sp³-hybridized carbons (Fsp3) is 0.0952. The van der Waals surface area contributed by atoms with Crippen LogP contribution in [0, 0.1) is 0 Å². The summed E-state index contributed by atoms with van der Waals surface area (Å²) in [7, 11) is 0. The van der Waals surface area contributed by atoms with Gasteiger partial charge in [0.05, 0.1) is 5.56 Å². The van der Waals surface area contributed by atoms with Gasteiger partial charge in [-0.25, -0.2) is 4.79 Å². The molecule has 3 N–H and O–H groups in total. The van der Waals surface area contributed by atoms with Gasteiger partial charge in [0, 0.05) is 18.3 Å². The third kappa shape index (κ3) is 6.14. The summed E-state index contributed by atoms with van der Waals surface area (Å²) in [4.78, 5) is 35.1. The number of hydrogen-bond donors (Lipinski definition) is 3.